The van der Waals surface area contributed by atoms with Gasteiger partial charge in [0.25, 0.3) is 5.88 Å². The summed E-state index contributed by atoms with van der Waals surface area (Å²) in [4.78, 5) is 24.3. The van der Waals surface area contributed by atoms with E-state index in [0.29, 0.717) is 5.56 Å². The largest absolute Gasteiger partial charge is 0.479 e. The lowest BCUT2D eigenvalue weighted by atomic mass is 9.78. The zero-order chi connectivity index (χ0) is 21.8. The molecule has 158 valence electrons. The molecule has 2 aliphatic rings. The number of methoxy groups -OCH3 is 1. The van der Waals surface area contributed by atoms with Crippen LogP contribution < -0.4 is 15.0 Å². The predicted octanol–water partition coefficient (Wildman–Crippen LogP) is 2.05. The SMILES string of the molecule is COc1nc(N2C[C@H]3C(=O)N(C)C(=N)N[C@@]3(c3ccc(F)cc3Cl)C2)nc(C)c1F. The minimum Gasteiger partial charge on any atom is -0.479 e. The molecule has 0 unspecified atom stereocenters. The zero-order valence-corrected chi connectivity index (χ0v) is 17.2. The molecule has 0 bridgehead atoms. The average molecular weight is 437 g/mol. The van der Waals surface area contributed by atoms with Crippen molar-refractivity contribution >= 4 is 29.4 Å². The Morgan fingerprint density at radius 1 is 1.37 bits per heavy atom. The van der Waals surface area contributed by atoms with E-state index < -0.39 is 23.1 Å². The second-order valence-corrected chi connectivity index (χ2v) is 7.74. The molecule has 1 aromatic heterocycles. The van der Waals surface area contributed by atoms with Gasteiger partial charge in [-0.25, -0.2) is 9.37 Å². The smallest absolute Gasteiger partial charge is 0.255 e. The van der Waals surface area contributed by atoms with Crippen LogP contribution >= 0.6 is 11.6 Å². The molecule has 11 heteroatoms. The third kappa shape index (κ3) is 2.94. The maximum atomic E-state index is 14.1. The zero-order valence-electron chi connectivity index (χ0n) is 16.5. The monoisotopic (exact) mass is 436 g/mol. The van der Waals surface area contributed by atoms with Crippen LogP contribution in [0.1, 0.15) is 11.3 Å². The summed E-state index contributed by atoms with van der Waals surface area (Å²) in [7, 11) is 2.80. The third-order valence-electron chi connectivity index (χ3n) is 5.61. The van der Waals surface area contributed by atoms with Gasteiger partial charge in [-0.2, -0.15) is 9.37 Å². The minimum absolute atomic E-state index is 0.102. The average Bonchev–Trinajstić information content (AvgIpc) is 3.08. The first-order chi connectivity index (χ1) is 14.2. The van der Waals surface area contributed by atoms with Gasteiger partial charge in [-0.05, 0) is 24.6 Å². The lowest BCUT2D eigenvalue weighted by Crippen LogP contribution is -2.64. The summed E-state index contributed by atoms with van der Waals surface area (Å²) < 4.78 is 32.8. The summed E-state index contributed by atoms with van der Waals surface area (Å²) in [6.45, 7) is 1.83. The highest BCUT2D eigenvalue weighted by atomic mass is 35.5. The van der Waals surface area contributed by atoms with Crippen LogP contribution in [0.25, 0.3) is 0 Å². The Balaban J connectivity index is 1.84. The summed E-state index contributed by atoms with van der Waals surface area (Å²) in [5, 5.41) is 11.4. The van der Waals surface area contributed by atoms with Crippen LogP contribution in [0.5, 0.6) is 5.88 Å². The molecule has 0 spiro atoms. The minimum atomic E-state index is -1.11. The second-order valence-electron chi connectivity index (χ2n) is 7.33. The van der Waals surface area contributed by atoms with Gasteiger partial charge in [0.2, 0.25) is 17.7 Å². The van der Waals surface area contributed by atoms with Gasteiger partial charge in [-0.3, -0.25) is 15.1 Å². The molecule has 2 N–H and O–H groups in total. The predicted molar refractivity (Wildman–Crippen MR) is 106 cm³/mol. The van der Waals surface area contributed by atoms with Crippen molar-refractivity contribution in [3.05, 3.63) is 46.1 Å². The standard InChI is InChI=1S/C19H19ClF2N6O2/c1-9-14(22)15(30-3)25-18(24-9)28-7-12-16(29)27(2)17(23)26-19(12,8-28)11-5-4-10(21)6-13(11)20/h4-6,12H,7-8H2,1-3H3,(H2,23,26)/t12-,19+/m0/s1. The van der Waals surface area contributed by atoms with Crippen molar-refractivity contribution in [1.29, 1.82) is 5.41 Å². The van der Waals surface area contributed by atoms with Crippen molar-refractivity contribution in [2.24, 2.45) is 5.92 Å². The second kappa shape index (κ2) is 7.05. The summed E-state index contributed by atoms with van der Waals surface area (Å²) in [5.41, 5.74) is -0.524. The van der Waals surface area contributed by atoms with Gasteiger partial charge in [0.1, 0.15) is 5.82 Å². The van der Waals surface area contributed by atoms with E-state index in [1.807, 2.05) is 0 Å². The highest BCUT2D eigenvalue weighted by Gasteiger charge is 2.57. The van der Waals surface area contributed by atoms with Gasteiger partial charge in [0, 0.05) is 25.2 Å². The Kier molecular flexibility index (Phi) is 4.76. The Morgan fingerprint density at radius 2 is 2.10 bits per heavy atom. The fourth-order valence-corrected chi connectivity index (χ4v) is 4.38. The highest BCUT2D eigenvalue weighted by molar-refractivity contribution is 6.31. The Labute approximate surface area is 176 Å². The molecule has 2 aliphatic heterocycles. The molecular formula is C19H19ClF2N6O2. The molecule has 2 fully saturated rings. The molecule has 0 saturated carbocycles. The van der Waals surface area contributed by atoms with Crippen LogP contribution in [0.4, 0.5) is 14.7 Å². The number of aromatic nitrogens is 2. The van der Waals surface area contributed by atoms with E-state index in [4.69, 9.17) is 21.7 Å². The number of anilines is 1. The van der Waals surface area contributed by atoms with E-state index in [-0.39, 0.29) is 47.5 Å². The van der Waals surface area contributed by atoms with Crippen molar-refractivity contribution in [2.45, 2.75) is 12.5 Å². The van der Waals surface area contributed by atoms with E-state index in [0.717, 1.165) is 0 Å². The number of carbonyl (C=O) groups excluding carboxylic acids is 1. The van der Waals surface area contributed by atoms with Crippen LogP contribution in [-0.4, -0.2) is 54.0 Å². The van der Waals surface area contributed by atoms with E-state index in [1.54, 1.807) is 4.90 Å². The van der Waals surface area contributed by atoms with Gasteiger partial charge in [-0.15, -0.1) is 0 Å². The van der Waals surface area contributed by atoms with Gasteiger partial charge in [-0.1, -0.05) is 17.7 Å². The maximum absolute atomic E-state index is 14.1. The number of rotatable bonds is 3. The highest BCUT2D eigenvalue weighted by Crippen LogP contribution is 2.44. The Hall–Kier alpha value is -3.01. The first-order valence-electron chi connectivity index (χ1n) is 9.11. The molecule has 3 heterocycles. The first-order valence-corrected chi connectivity index (χ1v) is 9.48. The van der Waals surface area contributed by atoms with Crippen molar-refractivity contribution < 1.29 is 18.3 Å². The van der Waals surface area contributed by atoms with E-state index in [1.165, 1.54) is 44.2 Å². The number of fused-ring (bicyclic) bond motifs is 1. The number of halogens is 3. The quantitative estimate of drug-likeness (QED) is 0.764. The number of carbonyl (C=O) groups is 1. The summed E-state index contributed by atoms with van der Waals surface area (Å²) >= 11 is 6.35. The van der Waals surface area contributed by atoms with Crippen molar-refractivity contribution in [3.63, 3.8) is 0 Å². The molecule has 1 amide bonds. The molecule has 8 nitrogen and oxygen atoms in total. The molecule has 0 aliphatic carbocycles. The van der Waals surface area contributed by atoms with E-state index in [2.05, 4.69) is 15.3 Å². The Morgan fingerprint density at radius 3 is 2.77 bits per heavy atom. The summed E-state index contributed by atoms with van der Waals surface area (Å²) in [5.74, 6) is -2.26. The lowest BCUT2D eigenvalue weighted by Gasteiger charge is -2.43. The van der Waals surface area contributed by atoms with Crippen LogP contribution in [0.3, 0.4) is 0 Å². The molecule has 4 rings (SSSR count). The molecule has 1 aromatic carbocycles. The van der Waals surface area contributed by atoms with Crippen molar-refractivity contribution in [3.8, 4) is 5.88 Å². The fraction of sp³-hybridized carbons (Fsp3) is 0.368. The number of nitrogens with one attached hydrogen (secondary N) is 2. The van der Waals surface area contributed by atoms with Crippen LogP contribution in [0, 0.1) is 29.9 Å². The molecular weight excluding hydrogens is 418 g/mol. The number of benzene rings is 1. The molecule has 2 saturated heterocycles. The van der Waals surface area contributed by atoms with Gasteiger partial charge in [0.15, 0.2) is 5.96 Å². The molecule has 2 atom stereocenters. The number of aryl methyl sites for hydroxylation is 1. The van der Waals surface area contributed by atoms with Gasteiger partial charge in [0.05, 0.1) is 24.3 Å². The number of hydrogen-bond acceptors (Lipinski definition) is 6. The van der Waals surface area contributed by atoms with Gasteiger partial charge < -0.3 is 15.0 Å². The van der Waals surface area contributed by atoms with Crippen molar-refractivity contribution in [2.75, 3.05) is 32.1 Å². The molecule has 0 radical (unpaired) electrons. The number of hydrogen-bond donors (Lipinski definition) is 2. The third-order valence-corrected chi connectivity index (χ3v) is 5.92. The van der Waals surface area contributed by atoms with E-state index in [9.17, 15) is 13.6 Å². The van der Waals surface area contributed by atoms with Crippen molar-refractivity contribution in [1.82, 2.24) is 20.2 Å². The molecule has 2 aromatic rings. The number of amides is 1. The van der Waals surface area contributed by atoms with Gasteiger partial charge >= 0.3 is 0 Å². The Bertz CT molecular complexity index is 1070. The topological polar surface area (TPSA) is 94.4 Å². The van der Waals surface area contributed by atoms with Crippen LogP contribution in [-0.2, 0) is 10.3 Å². The van der Waals surface area contributed by atoms with E-state index >= 15 is 0 Å². The summed E-state index contributed by atoms with van der Waals surface area (Å²) in [6.07, 6.45) is 0. The number of guanidine groups is 1. The van der Waals surface area contributed by atoms with Crippen LogP contribution in [0.2, 0.25) is 5.02 Å². The van der Waals surface area contributed by atoms with Crippen LogP contribution in [0.15, 0.2) is 18.2 Å². The lowest BCUT2D eigenvalue weighted by molar-refractivity contribution is -0.134. The first kappa shape index (κ1) is 20.3. The normalized spacial score (nSPS) is 23.5. The maximum Gasteiger partial charge on any atom is 0.255 e. The molecule has 30 heavy (non-hydrogen) atoms. The summed E-state index contributed by atoms with van der Waals surface area (Å²) in [6, 6.07) is 3.93. The number of nitrogens with zero attached hydrogens (tertiary/aromatic N) is 4. The fourth-order valence-electron chi connectivity index (χ4n) is 4.05. The number of ether oxygens (including phenoxy) is 1.